The Balaban J connectivity index is 2.27. The molecule has 0 fully saturated rings. The van der Waals surface area contributed by atoms with E-state index in [0.29, 0.717) is 5.15 Å². The summed E-state index contributed by atoms with van der Waals surface area (Å²) in [5.41, 5.74) is 3.61. The highest BCUT2D eigenvalue weighted by atomic mass is 35.5. The minimum absolute atomic E-state index is 0.460. The van der Waals surface area contributed by atoms with Gasteiger partial charge < -0.3 is 0 Å². The molecule has 0 spiro atoms. The normalized spacial score (nSPS) is 11.1. The van der Waals surface area contributed by atoms with Crippen LogP contribution >= 0.6 is 34.3 Å². The molecule has 3 rings (SSSR count). The zero-order chi connectivity index (χ0) is 11.1. The lowest BCUT2D eigenvalue weighted by molar-refractivity contribution is 1.26. The highest BCUT2D eigenvalue weighted by molar-refractivity contribution is 7.25. The summed E-state index contributed by atoms with van der Waals surface area (Å²) in [6, 6.07) is 1.93. The van der Waals surface area contributed by atoms with Crippen LogP contribution in [0.25, 0.3) is 20.1 Å². The molecule has 0 N–H and O–H groups in total. The van der Waals surface area contributed by atoms with E-state index in [1.807, 2.05) is 18.5 Å². The lowest BCUT2D eigenvalue weighted by atomic mass is 10.4. The van der Waals surface area contributed by atoms with Crippen molar-refractivity contribution >= 4 is 44.5 Å². The van der Waals surface area contributed by atoms with E-state index in [-0.39, 0.29) is 0 Å². The highest BCUT2D eigenvalue weighted by Crippen LogP contribution is 2.35. The molecule has 0 unspecified atom stereocenters. The third-order valence-corrected chi connectivity index (χ3v) is 4.58. The second-order valence-corrected chi connectivity index (χ2v) is 5.48. The first-order chi connectivity index (χ1) is 7.75. The van der Waals surface area contributed by atoms with Gasteiger partial charge in [-0.3, -0.25) is 0 Å². The fraction of sp³-hybridized carbons (Fsp3) is 0.100. The monoisotopic (exact) mass is 267 g/mol. The van der Waals surface area contributed by atoms with Gasteiger partial charge in [0.05, 0.1) is 20.8 Å². The maximum atomic E-state index is 5.99. The largest absolute Gasteiger partial charge is 0.249 e. The molecule has 0 amide bonds. The molecule has 0 saturated heterocycles. The van der Waals surface area contributed by atoms with Gasteiger partial charge in [-0.15, -0.1) is 22.7 Å². The molecule has 0 aromatic carbocycles. The summed E-state index contributed by atoms with van der Waals surface area (Å²) in [4.78, 5) is 13.9. The number of nitrogens with zero attached hydrogens (tertiary/aromatic N) is 3. The van der Waals surface area contributed by atoms with E-state index < -0.39 is 0 Å². The maximum absolute atomic E-state index is 5.99. The number of rotatable bonds is 1. The highest BCUT2D eigenvalue weighted by Gasteiger charge is 2.12. The number of halogens is 1. The standard InChI is InChI=1S/C10H6ClN3S2/c1-5-8(15-4-13-5)10-14-7-6(16-10)2-3-12-9(7)11/h2-4H,1H3. The summed E-state index contributed by atoms with van der Waals surface area (Å²) in [7, 11) is 0. The van der Waals surface area contributed by atoms with Crippen LogP contribution in [0.15, 0.2) is 17.8 Å². The van der Waals surface area contributed by atoms with Gasteiger partial charge in [0.1, 0.15) is 10.5 Å². The molecule has 16 heavy (non-hydrogen) atoms. The van der Waals surface area contributed by atoms with Crippen LogP contribution in [-0.4, -0.2) is 15.0 Å². The topological polar surface area (TPSA) is 38.7 Å². The van der Waals surface area contributed by atoms with Gasteiger partial charge in [-0.25, -0.2) is 15.0 Å². The first-order valence-electron chi connectivity index (χ1n) is 4.57. The number of hydrogen-bond acceptors (Lipinski definition) is 5. The van der Waals surface area contributed by atoms with Crippen molar-refractivity contribution in [2.75, 3.05) is 0 Å². The molecule has 3 nitrogen and oxygen atoms in total. The minimum atomic E-state index is 0.460. The predicted molar refractivity (Wildman–Crippen MR) is 68.3 cm³/mol. The van der Waals surface area contributed by atoms with Crippen LogP contribution in [0.5, 0.6) is 0 Å². The Morgan fingerprint density at radius 1 is 1.31 bits per heavy atom. The second-order valence-electron chi connectivity index (χ2n) is 3.23. The summed E-state index contributed by atoms with van der Waals surface area (Å²) in [6.07, 6.45) is 1.70. The number of hydrogen-bond donors (Lipinski definition) is 0. The SMILES string of the molecule is Cc1ncsc1-c1nc2c(Cl)nccc2s1. The Bertz CT molecular complexity index is 659. The molecule has 0 aliphatic heterocycles. The molecular formula is C10H6ClN3S2. The van der Waals surface area contributed by atoms with Crippen molar-refractivity contribution in [2.24, 2.45) is 0 Å². The van der Waals surface area contributed by atoms with E-state index in [2.05, 4.69) is 15.0 Å². The number of aromatic nitrogens is 3. The quantitative estimate of drug-likeness (QED) is 0.630. The second kappa shape index (κ2) is 3.76. The van der Waals surface area contributed by atoms with Crippen molar-refractivity contribution in [3.63, 3.8) is 0 Å². The van der Waals surface area contributed by atoms with E-state index >= 15 is 0 Å². The van der Waals surface area contributed by atoms with Gasteiger partial charge in [0, 0.05) is 6.20 Å². The molecule has 0 aliphatic carbocycles. The van der Waals surface area contributed by atoms with Gasteiger partial charge in [0.15, 0.2) is 5.15 Å². The Kier molecular flexibility index (Phi) is 2.38. The number of thiazole rings is 2. The lowest BCUT2D eigenvalue weighted by Gasteiger charge is -1.89. The van der Waals surface area contributed by atoms with Gasteiger partial charge in [-0.1, -0.05) is 11.6 Å². The Morgan fingerprint density at radius 2 is 2.19 bits per heavy atom. The van der Waals surface area contributed by atoms with Crippen LogP contribution in [0.2, 0.25) is 5.15 Å². The van der Waals surface area contributed by atoms with Gasteiger partial charge in [-0.05, 0) is 13.0 Å². The molecule has 0 bridgehead atoms. The van der Waals surface area contributed by atoms with Crippen molar-refractivity contribution in [1.82, 2.24) is 15.0 Å². The van der Waals surface area contributed by atoms with Crippen LogP contribution in [0.4, 0.5) is 0 Å². The third-order valence-electron chi connectivity index (χ3n) is 2.20. The maximum Gasteiger partial charge on any atom is 0.156 e. The van der Waals surface area contributed by atoms with E-state index in [4.69, 9.17) is 11.6 Å². The first kappa shape index (κ1) is 10.1. The fourth-order valence-corrected chi connectivity index (χ4v) is 3.59. The van der Waals surface area contributed by atoms with Crippen molar-refractivity contribution in [3.05, 3.63) is 28.6 Å². The van der Waals surface area contributed by atoms with Crippen LogP contribution < -0.4 is 0 Å². The summed E-state index contributed by atoms with van der Waals surface area (Å²) >= 11 is 9.21. The number of pyridine rings is 1. The van der Waals surface area contributed by atoms with Gasteiger partial charge in [0.2, 0.25) is 0 Å². The average molecular weight is 268 g/mol. The molecule has 0 saturated carbocycles. The van der Waals surface area contributed by atoms with E-state index in [0.717, 1.165) is 25.8 Å². The van der Waals surface area contributed by atoms with Gasteiger partial charge in [0.25, 0.3) is 0 Å². The minimum Gasteiger partial charge on any atom is -0.249 e. The van der Waals surface area contributed by atoms with E-state index in [1.165, 1.54) is 0 Å². The number of fused-ring (bicyclic) bond motifs is 1. The van der Waals surface area contributed by atoms with Crippen LogP contribution in [0.1, 0.15) is 5.69 Å². The third kappa shape index (κ3) is 1.52. The van der Waals surface area contributed by atoms with Crippen LogP contribution in [0.3, 0.4) is 0 Å². The first-order valence-corrected chi connectivity index (χ1v) is 6.64. The fourth-order valence-electron chi connectivity index (χ4n) is 1.43. The smallest absolute Gasteiger partial charge is 0.156 e. The summed E-state index contributed by atoms with van der Waals surface area (Å²) in [5, 5.41) is 1.42. The van der Waals surface area contributed by atoms with E-state index in [1.54, 1.807) is 28.9 Å². The zero-order valence-corrected chi connectivity index (χ0v) is 10.7. The number of aryl methyl sites for hydroxylation is 1. The van der Waals surface area contributed by atoms with Crippen molar-refractivity contribution in [2.45, 2.75) is 6.92 Å². The Labute approximate surface area is 105 Å². The van der Waals surface area contributed by atoms with Crippen molar-refractivity contribution in [3.8, 4) is 9.88 Å². The molecule has 3 aromatic rings. The van der Waals surface area contributed by atoms with Gasteiger partial charge >= 0.3 is 0 Å². The molecule has 0 aliphatic rings. The molecule has 0 atom stereocenters. The Morgan fingerprint density at radius 3 is 2.88 bits per heavy atom. The molecular weight excluding hydrogens is 262 g/mol. The zero-order valence-electron chi connectivity index (χ0n) is 8.27. The molecule has 3 aromatic heterocycles. The Hall–Kier alpha value is -1.04. The van der Waals surface area contributed by atoms with E-state index in [9.17, 15) is 0 Å². The molecule has 6 heteroatoms. The predicted octanol–water partition coefficient (Wildman–Crippen LogP) is 3.78. The lowest BCUT2D eigenvalue weighted by Crippen LogP contribution is -1.77. The van der Waals surface area contributed by atoms with Crippen LogP contribution in [0, 0.1) is 6.92 Å². The summed E-state index contributed by atoms with van der Waals surface area (Å²) in [6.45, 7) is 1.98. The summed E-state index contributed by atoms with van der Waals surface area (Å²) < 4.78 is 1.06. The van der Waals surface area contributed by atoms with Crippen molar-refractivity contribution in [1.29, 1.82) is 0 Å². The average Bonchev–Trinajstić information content (AvgIpc) is 2.84. The molecule has 3 heterocycles. The summed E-state index contributed by atoms with van der Waals surface area (Å²) in [5.74, 6) is 0. The van der Waals surface area contributed by atoms with Crippen molar-refractivity contribution < 1.29 is 0 Å². The molecule has 80 valence electrons. The van der Waals surface area contributed by atoms with Gasteiger partial charge in [-0.2, -0.15) is 0 Å². The molecule has 0 radical (unpaired) electrons. The van der Waals surface area contributed by atoms with Crippen LogP contribution in [-0.2, 0) is 0 Å².